The predicted octanol–water partition coefficient (Wildman–Crippen LogP) is 2.86. The average molecular weight is 234 g/mol. The van der Waals surface area contributed by atoms with Crippen molar-refractivity contribution in [1.82, 2.24) is 0 Å². The minimum absolute atomic E-state index is 0.00469. The molecule has 0 aliphatic rings. The van der Waals surface area contributed by atoms with Crippen LogP contribution >= 0.6 is 0 Å². The molecule has 0 heterocycles. The quantitative estimate of drug-likeness (QED) is 0.489. The van der Waals surface area contributed by atoms with Crippen molar-refractivity contribution in [2.24, 2.45) is 0 Å². The zero-order chi connectivity index (χ0) is 6.95. The number of rotatable bonds is 6. The van der Waals surface area contributed by atoms with Gasteiger partial charge in [0.2, 0.25) is 0 Å². The molecule has 0 N–H and O–H groups in total. The van der Waals surface area contributed by atoms with E-state index in [-0.39, 0.29) is 21.1 Å². The molecule has 0 aliphatic carbocycles. The number of unbranched alkanes of at least 4 members (excludes halogenated alkanes) is 2. The van der Waals surface area contributed by atoms with E-state index < -0.39 is 0 Å². The molecule has 0 nitrogen and oxygen atoms in total. The van der Waals surface area contributed by atoms with Gasteiger partial charge in [0.15, 0.2) is 0 Å². The Morgan fingerprint density at radius 3 is 1.67 bits per heavy atom. The summed E-state index contributed by atoms with van der Waals surface area (Å²) in [5.74, 6) is 0. The predicted molar refractivity (Wildman–Crippen MR) is 46.6 cm³/mol. The maximum absolute atomic E-state index is 2.29. The van der Waals surface area contributed by atoms with E-state index in [4.69, 9.17) is 0 Å². The van der Waals surface area contributed by atoms with Gasteiger partial charge in [-0.2, -0.15) is 0 Å². The Balaban J connectivity index is 2.60. The topological polar surface area (TPSA) is 0 Å². The van der Waals surface area contributed by atoms with Crippen molar-refractivity contribution in [2.75, 3.05) is 0 Å². The first kappa shape index (κ1) is 9.80. The van der Waals surface area contributed by atoms with E-state index in [9.17, 15) is 0 Å². The van der Waals surface area contributed by atoms with Gasteiger partial charge in [-0.05, 0) is 0 Å². The Morgan fingerprint density at radius 1 is 0.889 bits per heavy atom. The molecule has 0 fully saturated rings. The van der Waals surface area contributed by atoms with E-state index in [1.54, 1.807) is 8.87 Å². The first-order valence-corrected chi connectivity index (χ1v) is 8.89. The summed E-state index contributed by atoms with van der Waals surface area (Å²) in [6, 6.07) is 0. The van der Waals surface area contributed by atoms with Gasteiger partial charge in [0, 0.05) is 0 Å². The summed E-state index contributed by atoms with van der Waals surface area (Å²) in [6.45, 7) is 4.59. The fraction of sp³-hybridized carbons (Fsp3) is 1.00. The van der Waals surface area contributed by atoms with Gasteiger partial charge in [0.1, 0.15) is 0 Å². The molecule has 1 radical (unpaired) electrons. The van der Waals surface area contributed by atoms with Crippen LogP contribution in [-0.2, 0) is 0 Å². The van der Waals surface area contributed by atoms with E-state index in [2.05, 4.69) is 13.8 Å². The molecule has 0 atom stereocenters. The van der Waals surface area contributed by atoms with Crippen molar-refractivity contribution < 1.29 is 0 Å². The molecule has 0 saturated carbocycles. The second-order valence-corrected chi connectivity index (χ2v) is 7.52. The molecule has 0 unspecified atom stereocenters. The third-order valence-corrected chi connectivity index (χ3v) is 6.18. The van der Waals surface area contributed by atoms with Crippen LogP contribution in [0.3, 0.4) is 0 Å². The molecule has 0 spiro atoms. The summed E-state index contributed by atoms with van der Waals surface area (Å²) < 4.78 is 3.29. The van der Waals surface area contributed by atoms with Crippen LogP contribution in [0.5, 0.6) is 0 Å². The molecule has 0 rings (SSSR count). The monoisotopic (exact) mass is 235 g/mol. The first-order valence-electron chi connectivity index (χ1n) is 4.23. The Labute approximate surface area is 69.6 Å². The zero-order valence-electron chi connectivity index (χ0n) is 6.82. The van der Waals surface area contributed by atoms with Crippen molar-refractivity contribution in [3.8, 4) is 0 Å². The molecular formula is C8H19Sn. The first-order chi connectivity index (χ1) is 4.41. The van der Waals surface area contributed by atoms with E-state index >= 15 is 0 Å². The van der Waals surface area contributed by atoms with Gasteiger partial charge < -0.3 is 0 Å². The van der Waals surface area contributed by atoms with Crippen LogP contribution < -0.4 is 0 Å². The second-order valence-electron chi connectivity index (χ2n) is 2.57. The number of hydrogen-bond acceptors (Lipinski definition) is 0. The normalized spacial score (nSPS) is 10.0. The van der Waals surface area contributed by atoms with Crippen LogP contribution in [0.15, 0.2) is 0 Å². The summed E-state index contributed by atoms with van der Waals surface area (Å²) in [5, 5.41) is 0. The van der Waals surface area contributed by atoms with E-state index in [0.29, 0.717) is 0 Å². The summed E-state index contributed by atoms with van der Waals surface area (Å²) in [7, 11) is 0. The molecule has 0 amide bonds. The van der Waals surface area contributed by atoms with Gasteiger partial charge in [0.05, 0.1) is 0 Å². The van der Waals surface area contributed by atoms with Crippen molar-refractivity contribution in [1.29, 1.82) is 0 Å². The molecule has 0 aromatic heterocycles. The van der Waals surface area contributed by atoms with Gasteiger partial charge >= 0.3 is 69.5 Å². The SMILES string of the molecule is CCC[CH2][SnH][CH2]CCC. The van der Waals surface area contributed by atoms with Crippen LogP contribution in [-0.4, -0.2) is 21.1 Å². The third kappa shape index (κ3) is 8.80. The Morgan fingerprint density at radius 2 is 1.33 bits per heavy atom. The molecule has 1 heteroatoms. The third-order valence-electron chi connectivity index (χ3n) is 1.52. The van der Waals surface area contributed by atoms with Crippen LogP contribution in [0.4, 0.5) is 0 Å². The molecule has 0 aliphatic heterocycles. The van der Waals surface area contributed by atoms with Crippen molar-refractivity contribution in [3.63, 3.8) is 0 Å². The second kappa shape index (κ2) is 8.80. The summed E-state index contributed by atoms with van der Waals surface area (Å²) in [6.07, 6.45) is 5.87. The van der Waals surface area contributed by atoms with Crippen molar-refractivity contribution >= 4 is 21.1 Å². The van der Waals surface area contributed by atoms with E-state index in [1.807, 2.05) is 0 Å². The molecule has 0 aromatic rings. The number of hydrogen-bond donors (Lipinski definition) is 0. The van der Waals surface area contributed by atoms with Crippen LogP contribution in [0.1, 0.15) is 39.5 Å². The fourth-order valence-electron chi connectivity index (χ4n) is 0.841. The molecule has 55 valence electrons. The van der Waals surface area contributed by atoms with Gasteiger partial charge in [-0.1, -0.05) is 0 Å². The molecular weight excluding hydrogens is 215 g/mol. The van der Waals surface area contributed by atoms with Crippen LogP contribution in [0.2, 0.25) is 8.87 Å². The Kier molecular flexibility index (Phi) is 9.58. The minimum atomic E-state index is -0.00469. The van der Waals surface area contributed by atoms with Gasteiger partial charge in [-0.15, -0.1) is 0 Å². The standard InChI is InChI=1S/2C4H9.Sn.H/c2*1-3-4-2;;/h2*1,3-4H2,2H3;;. The van der Waals surface area contributed by atoms with Gasteiger partial charge in [0.25, 0.3) is 0 Å². The maximum atomic E-state index is 2.29. The van der Waals surface area contributed by atoms with Crippen LogP contribution in [0, 0.1) is 0 Å². The Hall–Kier alpha value is 0.799. The van der Waals surface area contributed by atoms with E-state index in [0.717, 1.165) is 0 Å². The molecule has 0 saturated heterocycles. The molecule has 0 bridgehead atoms. The summed E-state index contributed by atoms with van der Waals surface area (Å²) in [4.78, 5) is 0. The van der Waals surface area contributed by atoms with Crippen LogP contribution in [0.25, 0.3) is 0 Å². The molecule has 9 heavy (non-hydrogen) atoms. The van der Waals surface area contributed by atoms with Gasteiger partial charge in [-0.3, -0.25) is 0 Å². The summed E-state index contributed by atoms with van der Waals surface area (Å²) in [5.41, 5.74) is 0. The summed E-state index contributed by atoms with van der Waals surface area (Å²) >= 11 is -0.00469. The van der Waals surface area contributed by atoms with E-state index in [1.165, 1.54) is 25.7 Å². The van der Waals surface area contributed by atoms with Gasteiger partial charge in [-0.25, -0.2) is 0 Å². The molecule has 0 aromatic carbocycles. The van der Waals surface area contributed by atoms with Crippen molar-refractivity contribution in [3.05, 3.63) is 0 Å². The van der Waals surface area contributed by atoms with Crippen molar-refractivity contribution in [2.45, 2.75) is 48.4 Å². The Bertz CT molecular complexity index is 37.8. The zero-order valence-corrected chi connectivity index (χ0v) is 10.1. The fourth-order valence-corrected chi connectivity index (χ4v) is 5.64. The average Bonchev–Trinajstić information content (AvgIpc) is 1.89.